The van der Waals surface area contributed by atoms with Gasteiger partial charge in [0.2, 0.25) is 0 Å². The number of aromatic nitrogens is 3. The van der Waals surface area contributed by atoms with Gasteiger partial charge in [0, 0.05) is 6.61 Å². The molecule has 1 aliphatic heterocycles. The van der Waals surface area contributed by atoms with Crippen LogP contribution in [0.2, 0.25) is 10.2 Å². The van der Waals surface area contributed by atoms with E-state index in [1.807, 2.05) is 34.9 Å². The third-order valence-corrected chi connectivity index (χ3v) is 4.91. The first kappa shape index (κ1) is 17.7. The fraction of sp³-hybridized carbons (Fsp3) is 0.368. The summed E-state index contributed by atoms with van der Waals surface area (Å²) in [5.74, 6) is 0.750. The zero-order valence-electron chi connectivity index (χ0n) is 14.2. The molecular weight excluding hydrogens is 373 g/mol. The van der Waals surface area contributed by atoms with Crippen LogP contribution < -0.4 is 0 Å². The van der Waals surface area contributed by atoms with Gasteiger partial charge < -0.3 is 9.47 Å². The second kappa shape index (κ2) is 7.92. The van der Waals surface area contributed by atoms with Crippen LogP contribution in [-0.4, -0.2) is 21.1 Å². The van der Waals surface area contributed by atoms with Gasteiger partial charge in [-0.3, -0.25) is 4.57 Å². The number of fused-ring (bicyclic) bond motifs is 1. The fourth-order valence-electron chi connectivity index (χ4n) is 3.21. The molecule has 1 atom stereocenters. The van der Waals surface area contributed by atoms with Crippen LogP contribution >= 0.6 is 23.2 Å². The van der Waals surface area contributed by atoms with Crippen LogP contribution in [0.1, 0.15) is 36.9 Å². The summed E-state index contributed by atoms with van der Waals surface area (Å²) in [4.78, 5) is 9.11. The Labute approximate surface area is 161 Å². The van der Waals surface area contributed by atoms with Crippen LogP contribution in [0.15, 0.2) is 36.4 Å². The van der Waals surface area contributed by atoms with Crippen LogP contribution in [0.4, 0.5) is 0 Å². The largest absolute Gasteiger partial charge is 0.369 e. The van der Waals surface area contributed by atoms with E-state index in [1.54, 1.807) is 6.07 Å². The first-order valence-corrected chi connectivity index (χ1v) is 9.44. The van der Waals surface area contributed by atoms with Crippen molar-refractivity contribution >= 4 is 34.4 Å². The van der Waals surface area contributed by atoms with E-state index in [9.17, 15) is 0 Å². The van der Waals surface area contributed by atoms with Crippen molar-refractivity contribution in [3.8, 4) is 0 Å². The molecule has 136 valence electrons. The highest BCUT2D eigenvalue weighted by Gasteiger charge is 2.24. The topological polar surface area (TPSA) is 49.2 Å². The molecule has 3 heterocycles. The molecule has 1 unspecified atom stereocenters. The van der Waals surface area contributed by atoms with Crippen molar-refractivity contribution in [1.29, 1.82) is 0 Å². The maximum absolute atomic E-state index is 6.33. The summed E-state index contributed by atoms with van der Waals surface area (Å²) in [6, 6.07) is 11.7. The summed E-state index contributed by atoms with van der Waals surface area (Å²) in [5, 5.41) is 0.829. The lowest BCUT2D eigenvalue weighted by Crippen LogP contribution is -2.20. The summed E-state index contributed by atoms with van der Waals surface area (Å²) < 4.78 is 13.8. The number of ether oxygens (including phenoxy) is 2. The van der Waals surface area contributed by atoms with Gasteiger partial charge >= 0.3 is 0 Å². The Hall–Kier alpha value is -1.66. The van der Waals surface area contributed by atoms with Gasteiger partial charge in [-0.2, -0.15) is 0 Å². The molecule has 7 heteroatoms. The molecule has 1 fully saturated rings. The molecule has 1 aromatic carbocycles. The van der Waals surface area contributed by atoms with Gasteiger partial charge in [-0.1, -0.05) is 53.5 Å². The van der Waals surface area contributed by atoms with Crippen molar-refractivity contribution in [3.05, 3.63) is 58.0 Å². The lowest BCUT2D eigenvalue weighted by atomic mass is 10.2. The minimum atomic E-state index is -0.119. The van der Waals surface area contributed by atoms with Crippen molar-refractivity contribution in [2.45, 2.75) is 38.7 Å². The van der Waals surface area contributed by atoms with E-state index in [-0.39, 0.29) is 6.23 Å². The summed E-state index contributed by atoms with van der Waals surface area (Å²) in [6.07, 6.45) is 2.95. The fourth-order valence-corrected chi connectivity index (χ4v) is 3.68. The second-order valence-corrected chi connectivity index (χ2v) is 7.09. The lowest BCUT2D eigenvalue weighted by Gasteiger charge is -2.25. The van der Waals surface area contributed by atoms with Crippen LogP contribution in [0, 0.1) is 0 Å². The number of pyridine rings is 1. The summed E-state index contributed by atoms with van der Waals surface area (Å²) in [7, 11) is 0. The van der Waals surface area contributed by atoms with Crippen molar-refractivity contribution in [2.24, 2.45) is 0 Å². The van der Waals surface area contributed by atoms with Crippen LogP contribution in [-0.2, 0) is 22.7 Å². The average molecular weight is 392 g/mol. The number of nitrogens with zero attached hydrogens (tertiary/aromatic N) is 3. The molecule has 0 radical (unpaired) electrons. The number of benzene rings is 1. The summed E-state index contributed by atoms with van der Waals surface area (Å²) in [5.41, 5.74) is 2.39. The van der Waals surface area contributed by atoms with Gasteiger partial charge in [0.25, 0.3) is 0 Å². The predicted molar refractivity (Wildman–Crippen MR) is 101 cm³/mol. The zero-order chi connectivity index (χ0) is 17.9. The average Bonchev–Trinajstić information content (AvgIpc) is 3.02. The molecule has 0 N–H and O–H groups in total. The van der Waals surface area contributed by atoms with Crippen molar-refractivity contribution < 1.29 is 9.47 Å². The molecule has 1 aliphatic rings. The molecular formula is C19H19Cl2N3O2. The van der Waals surface area contributed by atoms with Crippen LogP contribution in [0.25, 0.3) is 11.2 Å². The quantitative estimate of drug-likeness (QED) is 0.563. The number of hydrogen-bond donors (Lipinski definition) is 0. The standard InChI is InChI=1S/C19H19Cl2N3O2/c20-14-10-15(21)22-19-18(14)23-16(24(19)17-8-4-5-9-26-17)12-25-11-13-6-2-1-3-7-13/h1-3,6-7,10,17H,4-5,8-9,11-12H2. The highest BCUT2D eigenvalue weighted by atomic mass is 35.5. The normalized spacial score (nSPS) is 17.7. The number of halogens is 2. The maximum Gasteiger partial charge on any atom is 0.165 e. The van der Waals surface area contributed by atoms with Crippen molar-refractivity contribution in [1.82, 2.24) is 14.5 Å². The van der Waals surface area contributed by atoms with Gasteiger partial charge in [0.1, 0.15) is 29.3 Å². The highest BCUT2D eigenvalue weighted by Crippen LogP contribution is 2.32. The van der Waals surface area contributed by atoms with E-state index < -0.39 is 0 Å². The Morgan fingerprint density at radius 1 is 1.12 bits per heavy atom. The number of hydrogen-bond acceptors (Lipinski definition) is 4. The maximum atomic E-state index is 6.33. The number of imidazole rings is 1. The Kier molecular flexibility index (Phi) is 5.41. The minimum absolute atomic E-state index is 0.119. The third-order valence-electron chi connectivity index (χ3n) is 4.43. The highest BCUT2D eigenvalue weighted by molar-refractivity contribution is 6.37. The van der Waals surface area contributed by atoms with Crippen LogP contribution in [0.3, 0.4) is 0 Å². The summed E-state index contributed by atoms with van der Waals surface area (Å²) >= 11 is 12.5. The Morgan fingerprint density at radius 2 is 1.96 bits per heavy atom. The Bertz CT molecular complexity index is 893. The smallest absolute Gasteiger partial charge is 0.165 e. The molecule has 0 saturated carbocycles. The second-order valence-electron chi connectivity index (χ2n) is 6.30. The molecule has 0 amide bonds. The molecule has 2 aromatic heterocycles. The van der Waals surface area contributed by atoms with Gasteiger partial charge in [-0.25, -0.2) is 9.97 Å². The molecule has 26 heavy (non-hydrogen) atoms. The SMILES string of the molecule is Clc1cc(Cl)c2nc(COCc3ccccc3)n(C3CCCCO3)c2n1. The van der Waals surface area contributed by atoms with Gasteiger partial charge in [-0.15, -0.1) is 0 Å². The zero-order valence-corrected chi connectivity index (χ0v) is 15.7. The molecule has 0 spiro atoms. The molecule has 0 bridgehead atoms. The molecule has 5 nitrogen and oxygen atoms in total. The van der Waals surface area contributed by atoms with Crippen molar-refractivity contribution in [3.63, 3.8) is 0 Å². The van der Waals surface area contributed by atoms with Gasteiger partial charge in [0.15, 0.2) is 5.65 Å². The Morgan fingerprint density at radius 3 is 2.73 bits per heavy atom. The lowest BCUT2D eigenvalue weighted by molar-refractivity contribution is -0.0346. The minimum Gasteiger partial charge on any atom is -0.369 e. The number of rotatable bonds is 5. The van der Waals surface area contributed by atoms with E-state index in [2.05, 4.69) is 9.97 Å². The van der Waals surface area contributed by atoms with E-state index in [0.29, 0.717) is 34.6 Å². The van der Waals surface area contributed by atoms with E-state index in [4.69, 9.17) is 32.7 Å². The molecule has 3 aromatic rings. The van der Waals surface area contributed by atoms with E-state index in [0.717, 1.165) is 37.3 Å². The van der Waals surface area contributed by atoms with Gasteiger partial charge in [-0.05, 0) is 30.9 Å². The first-order chi connectivity index (χ1) is 12.7. The molecule has 0 aliphatic carbocycles. The van der Waals surface area contributed by atoms with Crippen molar-refractivity contribution in [2.75, 3.05) is 6.61 Å². The van der Waals surface area contributed by atoms with Gasteiger partial charge in [0.05, 0.1) is 11.6 Å². The molecule has 1 saturated heterocycles. The third kappa shape index (κ3) is 3.71. The molecule has 4 rings (SSSR count). The Balaban J connectivity index is 1.64. The predicted octanol–water partition coefficient (Wildman–Crippen LogP) is 5.15. The van der Waals surface area contributed by atoms with E-state index >= 15 is 0 Å². The summed E-state index contributed by atoms with van der Waals surface area (Å²) in [6.45, 7) is 1.58. The first-order valence-electron chi connectivity index (χ1n) is 8.68. The van der Waals surface area contributed by atoms with Crippen LogP contribution in [0.5, 0.6) is 0 Å². The monoisotopic (exact) mass is 391 g/mol. The van der Waals surface area contributed by atoms with E-state index in [1.165, 1.54) is 0 Å².